The SMILES string of the molecule is CC(C)C(=O)C(=O)OC[C@H](N)C(=O)O. The van der Waals surface area contributed by atoms with Gasteiger partial charge in [-0.1, -0.05) is 13.8 Å². The molecular weight excluding hydrogens is 190 g/mol. The van der Waals surface area contributed by atoms with Gasteiger partial charge in [-0.05, 0) is 0 Å². The monoisotopic (exact) mass is 203 g/mol. The van der Waals surface area contributed by atoms with E-state index in [9.17, 15) is 14.4 Å². The molecule has 0 aliphatic rings. The van der Waals surface area contributed by atoms with Crippen LogP contribution in [0, 0.1) is 5.92 Å². The average molecular weight is 203 g/mol. The number of rotatable bonds is 5. The molecule has 0 aromatic rings. The third-order valence-corrected chi connectivity index (χ3v) is 1.44. The number of Topliss-reactive ketones (excluding diaryl/α,β-unsaturated/α-hetero) is 1. The fraction of sp³-hybridized carbons (Fsp3) is 0.625. The zero-order valence-corrected chi connectivity index (χ0v) is 8.02. The van der Waals surface area contributed by atoms with Crippen molar-refractivity contribution >= 4 is 17.7 Å². The molecule has 6 heteroatoms. The van der Waals surface area contributed by atoms with Crippen molar-refractivity contribution in [3.63, 3.8) is 0 Å². The summed E-state index contributed by atoms with van der Waals surface area (Å²) in [6.07, 6.45) is 0. The van der Waals surface area contributed by atoms with Crippen LogP contribution in [0.25, 0.3) is 0 Å². The second kappa shape index (κ2) is 5.33. The smallest absolute Gasteiger partial charge is 0.374 e. The van der Waals surface area contributed by atoms with Crippen molar-refractivity contribution in [3.05, 3.63) is 0 Å². The van der Waals surface area contributed by atoms with Crippen LogP contribution in [0.2, 0.25) is 0 Å². The molecule has 0 spiro atoms. The molecule has 0 aliphatic carbocycles. The topological polar surface area (TPSA) is 107 Å². The van der Waals surface area contributed by atoms with Crippen molar-refractivity contribution in [2.75, 3.05) is 6.61 Å². The van der Waals surface area contributed by atoms with Gasteiger partial charge in [-0.3, -0.25) is 9.59 Å². The number of carboxylic acid groups (broad SMARTS) is 1. The molecule has 1 atom stereocenters. The molecule has 0 fully saturated rings. The van der Waals surface area contributed by atoms with Gasteiger partial charge in [0.15, 0.2) is 0 Å². The number of ketones is 1. The quantitative estimate of drug-likeness (QED) is 0.446. The van der Waals surface area contributed by atoms with Crippen molar-refractivity contribution in [2.24, 2.45) is 11.7 Å². The Balaban J connectivity index is 3.97. The Kier molecular flexibility index (Phi) is 4.79. The van der Waals surface area contributed by atoms with Crippen LogP contribution in [0.1, 0.15) is 13.8 Å². The molecule has 0 unspecified atom stereocenters. The standard InChI is InChI=1S/C8H13NO5/c1-4(2)6(10)8(13)14-3-5(9)7(11)12/h4-5H,3,9H2,1-2H3,(H,11,12)/t5-/m0/s1. The molecule has 0 amide bonds. The van der Waals surface area contributed by atoms with E-state index in [4.69, 9.17) is 10.8 Å². The molecule has 14 heavy (non-hydrogen) atoms. The van der Waals surface area contributed by atoms with Gasteiger partial charge in [0.05, 0.1) is 0 Å². The fourth-order valence-corrected chi connectivity index (χ4v) is 0.544. The van der Waals surface area contributed by atoms with Crippen molar-refractivity contribution in [1.29, 1.82) is 0 Å². The van der Waals surface area contributed by atoms with Gasteiger partial charge in [-0.2, -0.15) is 0 Å². The highest BCUT2D eigenvalue weighted by molar-refractivity contribution is 6.34. The van der Waals surface area contributed by atoms with E-state index in [1.54, 1.807) is 13.8 Å². The Hall–Kier alpha value is -1.43. The number of ether oxygens (including phenoxy) is 1. The van der Waals surface area contributed by atoms with E-state index in [-0.39, 0.29) is 0 Å². The highest BCUT2D eigenvalue weighted by atomic mass is 16.5. The highest BCUT2D eigenvalue weighted by Gasteiger charge is 2.21. The van der Waals surface area contributed by atoms with Crippen LogP contribution in [0.5, 0.6) is 0 Å². The number of aliphatic carboxylic acids is 1. The molecular formula is C8H13NO5. The fourth-order valence-electron chi connectivity index (χ4n) is 0.544. The summed E-state index contributed by atoms with van der Waals surface area (Å²) in [4.78, 5) is 32.1. The number of carbonyl (C=O) groups is 3. The van der Waals surface area contributed by atoms with Crippen LogP contribution < -0.4 is 5.73 Å². The van der Waals surface area contributed by atoms with E-state index in [0.29, 0.717) is 0 Å². The zero-order chi connectivity index (χ0) is 11.3. The van der Waals surface area contributed by atoms with Crippen LogP contribution >= 0.6 is 0 Å². The maximum atomic E-state index is 11.0. The number of nitrogens with two attached hydrogens (primary N) is 1. The summed E-state index contributed by atoms with van der Waals surface area (Å²) in [5.41, 5.74) is 5.05. The second-order valence-electron chi connectivity index (χ2n) is 3.06. The first-order valence-electron chi connectivity index (χ1n) is 4.05. The minimum atomic E-state index is -1.29. The third kappa shape index (κ3) is 3.99. The van der Waals surface area contributed by atoms with E-state index in [1.165, 1.54) is 0 Å². The molecule has 0 radical (unpaired) electrons. The summed E-state index contributed by atoms with van der Waals surface area (Å²) in [7, 11) is 0. The minimum absolute atomic E-state index is 0.469. The van der Waals surface area contributed by atoms with Gasteiger partial charge in [0.1, 0.15) is 12.6 Å². The van der Waals surface area contributed by atoms with Crippen molar-refractivity contribution in [3.8, 4) is 0 Å². The Morgan fingerprint density at radius 3 is 2.21 bits per heavy atom. The molecule has 0 aromatic carbocycles. The second-order valence-corrected chi connectivity index (χ2v) is 3.06. The Bertz CT molecular complexity index is 248. The Labute approximate surface area is 81.0 Å². The van der Waals surface area contributed by atoms with Crippen LogP contribution in [0.4, 0.5) is 0 Å². The lowest BCUT2D eigenvalue weighted by atomic mass is 10.1. The van der Waals surface area contributed by atoms with Gasteiger partial charge < -0.3 is 15.6 Å². The third-order valence-electron chi connectivity index (χ3n) is 1.44. The van der Waals surface area contributed by atoms with E-state index in [2.05, 4.69) is 4.74 Å². The van der Waals surface area contributed by atoms with Crippen molar-refractivity contribution in [1.82, 2.24) is 0 Å². The molecule has 0 aromatic heterocycles. The summed E-state index contributed by atoms with van der Waals surface area (Å²) in [5.74, 6) is -3.49. The summed E-state index contributed by atoms with van der Waals surface area (Å²) >= 11 is 0. The lowest BCUT2D eigenvalue weighted by Gasteiger charge is -2.08. The normalized spacial score (nSPS) is 12.3. The molecule has 80 valence electrons. The Morgan fingerprint density at radius 1 is 1.36 bits per heavy atom. The van der Waals surface area contributed by atoms with Gasteiger partial charge in [0, 0.05) is 5.92 Å². The molecule has 6 nitrogen and oxygen atoms in total. The molecule has 0 bridgehead atoms. The van der Waals surface area contributed by atoms with Crippen LogP contribution in [0.3, 0.4) is 0 Å². The predicted octanol–water partition coefficient (Wildman–Crippen LogP) is -0.833. The number of carbonyl (C=O) groups excluding carboxylic acids is 2. The first-order chi connectivity index (χ1) is 6.36. The summed E-state index contributed by atoms with van der Waals surface area (Å²) in [6, 6.07) is -1.29. The maximum absolute atomic E-state index is 11.0. The maximum Gasteiger partial charge on any atom is 0.374 e. The first kappa shape index (κ1) is 12.6. The highest BCUT2D eigenvalue weighted by Crippen LogP contribution is 1.96. The number of hydrogen-bond donors (Lipinski definition) is 2. The number of esters is 1. The van der Waals surface area contributed by atoms with Crippen molar-refractivity contribution in [2.45, 2.75) is 19.9 Å². The van der Waals surface area contributed by atoms with Gasteiger partial charge in [0.25, 0.3) is 0 Å². The average Bonchev–Trinajstić information content (AvgIpc) is 2.11. The Morgan fingerprint density at radius 2 is 1.86 bits per heavy atom. The summed E-state index contributed by atoms with van der Waals surface area (Å²) in [6.45, 7) is 2.59. The van der Waals surface area contributed by atoms with Gasteiger partial charge in [0.2, 0.25) is 5.78 Å². The number of hydrogen-bond acceptors (Lipinski definition) is 5. The molecule has 0 saturated heterocycles. The molecule has 3 N–H and O–H groups in total. The van der Waals surface area contributed by atoms with Crippen LogP contribution in [-0.2, 0) is 19.1 Å². The minimum Gasteiger partial charge on any atom is -0.480 e. The van der Waals surface area contributed by atoms with E-state index in [1.807, 2.05) is 0 Å². The van der Waals surface area contributed by atoms with Gasteiger partial charge >= 0.3 is 11.9 Å². The first-order valence-corrected chi connectivity index (χ1v) is 4.05. The zero-order valence-electron chi connectivity index (χ0n) is 8.02. The van der Waals surface area contributed by atoms with Crippen LogP contribution in [-0.4, -0.2) is 35.5 Å². The number of carboxylic acids is 1. The lowest BCUT2D eigenvalue weighted by molar-refractivity contribution is -0.157. The summed E-state index contributed by atoms with van der Waals surface area (Å²) < 4.78 is 4.39. The molecule has 0 aliphatic heterocycles. The largest absolute Gasteiger partial charge is 0.480 e. The van der Waals surface area contributed by atoms with Crippen molar-refractivity contribution < 1.29 is 24.2 Å². The molecule has 0 saturated carbocycles. The molecule has 0 heterocycles. The lowest BCUT2D eigenvalue weighted by Crippen LogP contribution is -2.37. The van der Waals surface area contributed by atoms with Crippen LogP contribution in [0.15, 0.2) is 0 Å². The van der Waals surface area contributed by atoms with E-state index in [0.717, 1.165) is 0 Å². The van der Waals surface area contributed by atoms with Gasteiger partial charge in [-0.25, -0.2) is 4.79 Å². The summed E-state index contributed by atoms with van der Waals surface area (Å²) in [5, 5.41) is 8.34. The predicted molar refractivity (Wildman–Crippen MR) is 46.4 cm³/mol. The van der Waals surface area contributed by atoms with Gasteiger partial charge in [-0.15, -0.1) is 0 Å². The van der Waals surface area contributed by atoms with E-state index < -0.39 is 36.3 Å². The van der Waals surface area contributed by atoms with E-state index >= 15 is 0 Å². The molecule has 0 rings (SSSR count).